The standard InChI is InChI=1S/C21H24N6O5S.C21H20N4O4S2.C21H26N4O4S.C18H18ClN3O4S/c1-4-26-17-10-9-15(11-16(17)24-20(26)30)23-19(29)22-14-7-5-13(6-8-14)12-27-21(2,3)18(28)25-33(27,31)32;1-21(2)19(27)24-31(28,29)25(21)12-14-8-10-16(11-9-14)18(26)23-20-22-17(13-30-20)15-6-4-3-5-7-15;1-14-6-11-17(12-18(14)24(4)5)22-19(26)16-9-7-15(8-10-16)13-25-21(2,3)20(27)23-30(25,28)29;1-18(2)17(24)21-27(25,26)22(18)11-12-3-5-13(6-4-12)16(23)20-15-9-7-14(19)8-10-15/h5-11H,4,12H2,1-3H3,(H,24,30)(H,25,28)(H2,22,23,29);3-11,13H,12H2,1-2H3,(H,24,27)(H,22,23,26);6-12H,13H2,1-5H3,(H,22,26)(H,23,27);3-10H,11H2,1-2H3,(H,20,23)(H,21,24). The molecule has 4 fully saturated rings. The predicted molar refractivity (Wildman–Crippen MR) is 462 cm³/mol. The number of nitrogens with zero attached hydrogens (tertiary/aromatic N) is 7. The molecule has 10 N–H and O–H groups in total. The van der Waals surface area contributed by atoms with Crippen molar-refractivity contribution >= 4 is 156 Å². The van der Waals surface area contributed by atoms with Gasteiger partial charge in [-0.25, -0.2) is 33.5 Å². The van der Waals surface area contributed by atoms with Gasteiger partial charge in [0.15, 0.2) is 5.13 Å². The molecular formula is C81H88ClN17O17S5. The number of halogens is 1. The Kier molecular flexibility index (Phi) is 26.2. The van der Waals surface area contributed by atoms with E-state index in [1.807, 2.05) is 106 Å². The van der Waals surface area contributed by atoms with Gasteiger partial charge in [0.05, 0.1) is 16.7 Å². The first kappa shape index (κ1) is 89.7. The van der Waals surface area contributed by atoms with E-state index < -0.39 is 92.7 Å². The molecule has 10 aromatic rings. The molecule has 8 aromatic carbocycles. The summed E-state index contributed by atoms with van der Waals surface area (Å²) >= 11 is 7.15. The fraction of sp³-hybridized carbons (Fsp3) is 0.259. The molecule has 121 heavy (non-hydrogen) atoms. The summed E-state index contributed by atoms with van der Waals surface area (Å²) in [5, 5.41) is 16.8. The number of carbonyl (C=O) groups is 8. The van der Waals surface area contributed by atoms with Crippen LogP contribution in [-0.2, 0) is 92.7 Å². The average Bonchev–Trinajstić information content (AvgIpc) is 1.62. The molecule has 0 radical (unpaired) electrons. The third kappa shape index (κ3) is 20.5. The van der Waals surface area contributed by atoms with E-state index in [1.165, 1.54) is 25.2 Å². The summed E-state index contributed by atoms with van der Waals surface area (Å²) in [6, 6.07) is 53.1. The fourth-order valence-electron chi connectivity index (χ4n) is 12.8. The van der Waals surface area contributed by atoms with Crippen molar-refractivity contribution in [3.63, 3.8) is 0 Å². The maximum Gasteiger partial charge on any atom is 0.326 e. The number of benzene rings is 8. The number of fused-ring (bicyclic) bond motifs is 1. The van der Waals surface area contributed by atoms with Gasteiger partial charge in [0.1, 0.15) is 22.2 Å². The van der Waals surface area contributed by atoms with Crippen LogP contribution >= 0.6 is 22.9 Å². The van der Waals surface area contributed by atoms with Crippen molar-refractivity contribution < 1.29 is 72.0 Å². The number of thiazole rings is 1. The second kappa shape index (κ2) is 35.3. The van der Waals surface area contributed by atoms with Crippen LogP contribution in [0.4, 0.5) is 38.4 Å². The Morgan fingerprint density at radius 1 is 0.446 bits per heavy atom. The maximum absolute atomic E-state index is 12.6. The van der Waals surface area contributed by atoms with E-state index in [1.54, 1.807) is 186 Å². The first-order valence-corrected chi connectivity index (χ1v) is 44.3. The zero-order chi connectivity index (χ0) is 88.3. The number of hydrogen-bond acceptors (Lipinski definition) is 20. The van der Waals surface area contributed by atoms with Crippen molar-refractivity contribution in [2.24, 2.45) is 0 Å². The van der Waals surface area contributed by atoms with E-state index in [0.717, 1.165) is 45.2 Å². The van der Waals surface area contributed by atoms with Crippen LogP contribution in [0.1, 0.15) is 121 Å². The van der Waals surface area contributed by atoms with Gasteiger partial charge >= 0.3 is 52.6 Å². The van der Waals surface area contributed by atoms with Gasteiger partial charge < -0.3 is 31.2 Å². The zero-order valence-electron chi connectivity index (χ0n) is 67.5. The number of aryl methyl sites for hydroxylation is 2. The molecule has 6 heterocycles. The number of aromatic nitrogens is 3. The summed E-state index contributed by atoms with van der Waals surface area (Å²) in [6.45, 7) is 16.9. The van der Waals surface area contributed by atoms with Gasteiger partial charge in [0, 0.05) is 108 Å². The highest BCUT2D eigenvalue weighted by atomic mass is 35.5. The van der Waals surface area contributed by atoms with Gasteiger partial charge in [0.25, 0.3) is 41.4 Å². The molecule has 0 saturated carbocycles. The third-order valence-electron chi connectivity index (χ3n) is 20.1. The second-order valence-electron chi connectivity index (χ2n) is 30.4. The molecule has 0 aliphatic carbocycles. The minimum absolute atomic E-state index is 0.0101. The number of carbonyl (C=O) groups excluding carboxylic acids is 8. The molecule has 0 bridgehead atoms. The SMILES string of the molecule is CC1(C)C(=O)NS(=O)(=O)N1Cc1ccc(C(=O)Nc2ccc(Cl)cc2)cc1.CC1(C)C(=O)NS(=O)(=O)N1Cc1ccc(C(=O)Nc2nc(-c3ccccc3)cs2)cc1.CCn1c(=O)[nH]c2cc(NC(=O)Nc3ccc(CN4C(C)(C)C(=O)NS4(=O)=O)cc3)ccc21.Cc1ccc(NC(=O)c2ccc(CN3C(C)(C)C(=O)NS3(=O)=O)cc2)cc1N(C)C. The minimum Gasteiger partial charge on any atom is -0.377 e. The molecule has 0 unspecified atom stereocenters. The Labute approximate surface area is 708 Å². The zero-order valence-corrected chi connectivity index (χ0v) is 72.3. The van der Waals surface area contributed by atoms with Gasteiger partial charge in [-0.15, -0.1) is 11.3 Å². The summed E-state index contributed by atoms with van der Waals surface area (Å²) in [5.74, 6) is -3.15. The van der Waals surface area contributed by atoms with Gasteiger partial charge in [-0.1, -0.05) is 96.5 Å². The molecule has 636 valence electrons. The molecule has 2 aromatic heterocycles. The smallest absolute Gasteiger partial charge is 0.326 e. The topological polar surface area (TPSA) is 448 Å². The van der Waals surface area contributed by atoms with E-state index in [2.05, 4.69) is 36.6 Å². The largest absolute Gasteiger partial charge is 0.377 e. The molecule has 4 aliphatic heterocycles. The second-order valence-corrected chi connectivity index (χ2v) is 38.1. The Morgan fingerprint density at radius 2 is 0.793 bits per heavy atom. The van der Waals surface area contributed by atoms with Crippen molar-refractivity contribution in [2.45, 2.75) is 124 Å². The van der Waals surface area contributed by atoms with Crippen LogP contribution in [0, 0.1) is 6.92 Å². The van der Waals surface area contributed by atoms with Crippen molar-refractivity contribution in [3.8, 4) is 11.3 Å². The van der Waals surface area contributed by atoms with Crippen molar-refractivity contribution in [1.29, 1.82) is 0 Å². The van der Waals surface area contributed by atoms with Crippen molar-refractivity contribution in [1.82, 2.24) is 50.6 Å². The quantitative estimate of drug-likeness (QED) is 0.0360. The molecular weight excluding hydrogens is 1680 g/mol. The summed E-state index contributed by atoms with van der Waals surface area (Å²) < 4.78 is 111. The lowest BCUT2D eigenvalue weighted by molar-refractivity contribution is -0.125. The minimum atomic E-state index is -3.89. The van der Waals surface area contributed by atoms with E-state index in [0.29, 0.717) is 83.9 Å². The number of imidazole rings is 1. The number of rotatable bonds is 19. The highest BCUT2D eigenvalue weighted by molar-refractivity contribution is 7.89. The van der Waals surface area contributed by atoms with Gasteiger partial charge in [-0.3, -0.25) is 43.4 Å². The summed E-state index contributed by atoms with van der Waals surface area (Å²) in [7, 11) is -11.6. The number of nitrogens with one attached hydrogen (secondary N) is 10. The molecule has 0 spiro atoms. The Morgan fingerprint density at radius 3 is 1.18 bits per heavy atom. The summed E-state index contributed by atoms with van der Waals surface area (Å²) in [6.07, 6.45) is 0. The number of hydrogen-bond donors (Lipinski definition) is 10. The van der Waals surface area contributed by atoms with Gasteiger partial charge in [-0.05, 0) is 200 Å². The molecule has 0 atom stereocenters. The first-order chi connectivity index (χ1) is 56.7. The van der Waals surface area contributed by atoms with Crippen LogP contribution in [0.2, 0.25) is 5.02 Å². The lowest BCUT2D eigenvalue weighted by atomic mass is 10.0. The fourth-order valence-corrected chi connectivity index (χ4v) is 20.0. The number of urea groups is 1. The Bertz CT molecular complexity index is 6230. The number of anilines is 6. The van der Waals surface area contributed by atoms with Gasteiger partial charge in [0.2, 0.25) is 0 Å². The lowest BCUT2D eigenvalue weighted by Gasteiger charge is -2.25. The van der Waals surface area contributed by atoms with Crippen LogP contribution in [0.5, 0.6) is 0 Å². The van der Waals surface area contributed by atoms with Crippen LogP contribution in [0.25, 0.3) is 22.3 Å². The van der Waals surface area contributed by atoms with Crippen LogP contribution in [0.15, 0.2) is 198 Å². The average molecular weight is 1770 g/mol. The molecule has 9 amide bonds. The highest BCUT2D eigenvalue weighted by Gasteiger charge is 2.53. The Hall–Kier alpha value is -12.1. The third-order valence-corrected chi connectivity index (χ3v) is 27.6. The number of amides is 9. The molecule has 4 aliphatic rings. The van der Waals surface area contributed by atoms with Crippen LogP contribution in [-0.4, -0.2) is 149 Å². The van der Waals surface area contributed by atoms with Gasteiger partial charge in [-0.2, -0.15) is 50.9 Å². The molecule has 34 nitrogen and oxygen atoms in total. The van der Waals surface area contributed by atoms with Crippen LogP contribution < -0.4 is 56.1 Å². The van der Waals surface area contributed by atoms with E-state index in [-0.39, 0.29) is 49.6 Å². The van der Waals surface area contributed by atoms with Crippen molar-refractivity contribution in [3.05, 3.63) is 253 Å². The molecule has 4 saturated heterocycles. The molecule has 40 heteroatoms. The number of H-pyrrole nitrogens is 1. The maximum atomic E-state index is 12.6. The molecule has 14 rings (SSSR count). The summed E-state index contributed by atoms with van der Waals surface area (Å²) in [5.41, 5.74) is 6.55. The number of aromatic amines is 1. The first-order valence-electron chi connectivity index (χ1n) is 37.2. The highest BCUT2D eigenvalue weighted by Crippen LogP contribution is 2.34. The lowest BCUT2D eigenvalue weighted by Crippen LogP contribution is -2.43. The van der Waals surface area contributed by atoms with E-state index in [9.17, 15) is 76.8 Å². The Balaban J connectivity index is 0.000000158. The van der Waals surface area contributed by atoms with Crippen LogP contribution in [0.3, 0.4) is 0 Å². The summed E-state index contributed by atoms with van der Waals surface area (Å²) in [4.78, 5) is 119. The normalized spacial score (nSPS) is 17.5. The van der Waals surface area contributed by atoms with E-state index in [4.69, 9.17) is 11.6 Å². The monoisotopic (exact) mass is 1770 g/mol. The van der Waals surface area contributed by atoms with E-state index >= 15 is 0 Å². The van der Waals surface area contributed by atoms with Crippen molar-refractivity contribution in [2.75, 3.05) is 45.6 Å². The predicted octanol–water partition coefficient (Wildman–Crippen LogP) is 9.78.